The van der Waals surface area contributed by atoms with Crippen molar-refractivity contribution >= 4 is 32.3 Å². The summed E-state index contributed by atoms with van der Waals surface area (Å²) in [5, 5.41) is 9.49. The normalized spacial score (nSPS) is 11.6. The Morgan fingerprint density at radius 3 is 2.53 bits per heavy atom. The van der Waals surface area contributed by atoms with Crippen LogP contribution in [0.5, 0.6) is 0 Å². The van der Waals surface area contributed by atoms with Gasteiger partial charge in [-0.05, 0) is 13.8 Å². The van der Waals surface area contributed by atoms with Crippen molar-refractivity contribution < 1.29 is 13.2 Å². The largest absolute Gasteiger partial charge is 0.340 e. The lowest BCUT2D eigenvalue weighted by molar-refractivity contribution is 0.248. The maximum absolute atomic E-state index is 11.8. The molecule has 0 radical (unpaired) electrons. The fraction of sp³-hybridized carbons (Fsp3) is 0.571. The van der Waals surface area contributed by atoms with E-state index in [1.54, 1.807) is 0 Å². The lowest BCUT2D eigenvalue weighted by Gasteiger charge is -2.10. The van der Waals surface area contributed by atoms with Gasteiger partial charge in [0.15, 0.2) is 0 Å². The first-order valence-corrected chi connectivity index (χ1v) is 7.01. The number of amides is 2. The first kappa shape index (κ1) is 13.8. The van der Waals surface area contributed by atoms with Crippen LogP contribution in [-0.2, 0) is 9.84 Å². The van der Waals surface area contributed by atoms with Gasteiger partial charge in [-0.15, -0.1) is 10.2 Å². The van der Waals surface area contributed by atoms with E-state index in [4.69, 9.17) is 5.84 Å². The van der Waals surface area contributed by atoms with Crippen LogP contribution in [0, 0.1) is 0 Å². The zero-order valence-corrected chi connectivity index (χ0v) is 11.2. The van der Waals surface area contributed by atoms with Gasteiger partial charge in [0.2, 0.25) is 19.3 Å². The van der Waals surface area contributed by atoms with Crippen molar-refractivity contribution in [3.8, 4) is 0 Å². The van der Waals surface area contributed by atoms with Crippen molar-refractivity contribution in [3.63, 3.8) is 0 Å². The molecule has 0 fully saturated rings. The maximum atomic E-state index is 11.8. The van der Waals surface area contributed by atoms with E-state index in [0.29, 0.717) is 5.01 Å². The van der Waals surface area contributed by atoms with Crippen LogP contribution in [0.1, 0.15) is 13.8 Å². The fourth-order valence-corrected chi connectivity index (χ4v) is 3.15. The number of hydrogen-bond donors (Lipinski definition) is 2. The number of anilines is 1. The monoisotopic (exact) mass is 279 g/mol. The van der Waals surface area contributed by atoms with E-state index in [0.717, 1.165) is 11.3 Å². The number of hydrazine groups is 1. The highest BCUT2D eigenvalue weighted by molar-refractivity contribution is 7.93. The van der Waals surface area contributed by atoms with Gasteiger partial charge < -0.3 is 5.32 Å². The predicted molar refractivity (Wildman–Crippen MR) is 63.4 cm³/mol. The van der Waals surface area contributed by atoms with Crippen LogP contribution in [0.3, 0.4) is 0 Å². The van der Waals surface area contributed by atoms with Crippen LogP contribution in [-0.4, -0.2) is 36.9 Å². The minimum absolute atomic E-state index is 0.0172. The number of carbonyl (C=O) groups excluding carboxylic acids is 1. The number of rotatable bonds is 3. The molecule has 0 spiro atoms. The third-order valence-corrected chi connectivity index (χ3v) is 5.37. The van der Waals surface area contributed by atoms with Crippen molar-refractivity contribution in [2.45, 2.75) is 23.4 Å². The van der Waals surface area contributed by atoms with Gasteiger partial charge >= 0.3 is 6.03 Å². The average Bonchev–Trinajstić information content (AvgIpc) is 2.76. The molecule has 17 heavy (non-hydrogen) atoms. The van der Waals surface area contributed by atoms with E-state index in [1.165, 1.54) is 20.9 Å². The predicted octanol–water partition coefficient (Wildman–Crippen LogP) is -0.260. The molecule has 1 aromatic heterocycles. The second-order valence-electron chi connectivity index (χ2n) is 3.37. The quantitative estimate of drug-likeness (QED) is 0.340. The van der Waals surface area contributed by atoms with Crippen molar-refractivity contribution in [3.05, 3.63) is 0 Å². The van der Waals surface area contributed by atoms with Crippen LogP contribution in [0.15, 0.2) is 4.34 Å². The fourth-order valence-electron chi connectivity index (χ4n) is 0.824. The number of carbonyl (C=O) groups is 1. The molecule has 10 heteroatoms. The second-order valence-corrected chi connectivity index (χ2v) is 7.00. The smallest absolute Gasteiger partial charge is 0.338 e. The summed E-state index contributed by atoms with van der Waals surface area (Å²) in [4.78, 5) is 11.2. The number of urea groups is 1. The topological polar surface area (TPSA) is 118 Å². The number of nitrogens with two attached hydrogens (primary N) is 1. The summed E-state index contributed by atoms with van der Waals surface area (Å²) in [6.45, 7) is 3.07. The summed E-state index contributed by atoms with van der Waals surface area (Å²) in [7, 11) is -2.09. The Kier molecular flexibility index (Phi) is 4.01. The van der Waals surface area contributed by atoms with E-state index in [-0.39, 0.29) is 9.47 Å². The van der Waals surface area contributed by atoms with Gasteiger partial charge in [0.25, 0.3) is 0 Å². The number of aromatic nitrogens is 2. The van der Waals surface area contributed by atoms with Gasteiger partial charge in [0.1, 0.15) is 0 Å². The Balaban J connectivity index is 3.05. The summed E-state index contributed by atoms with van der Waals surface area (Å²) in [5.74, 6) is 5.42. The highest BCUT2D eigenvalue weighted by atomic mass is 32.2. The van der Waals surface area contributed by atoms with Gasteiger partial charge in [-0.1, -0.05) is 11.3 Å². The molecule has 0 bridgehead atoms. The molecule has 1 rings (SSSR count). The molecular formula is C7H13N5O3S2. The van der Waals surface area contributed by atoms with Crippen molar-refractivity contribution in [2.24, 2.45) is 5.84 Å². The molecule has 0 aliphatic carbocycles. The SMILES string of the molecule is CNC(=O)N(N)c1nnc(S(=O)(=O)C(C)C)s1. The molecule has 0 aromatic carbocycles. The standard InChI is InChI=1S/C7H13N5O3S2/c1-4(2)17(14,15)7-11-10-6(16-7)12(8)5(13)9-3/h4H,8H2,1-3H3,(H,9,13). The van der Waals surface area contributed by atoms with Crippen molar-refractivity contribution in [1.29, 1.82) is 0 Å². The summed E-state index contributed by atoms with van der Waals surface area (Å²) < 4.78 is 23.4. The number of nitrogens with zero attached hydrogens (tertiary/aromatic N) is 3. The first-order chi connectivity index (χ1) is 7.80. The third-order valence-electron chi connectivity index (χ3n) is 1.90. The van der Waals surface area contributed by atoms with Crippen LogP contribution >= 0.6 is 11.3 Å². The molecule has 2 amide bonds. The molecule has 8 nitrogen and oxygen atoms in total. The van der Waals surface area contributed by atoms with Crippen LogP contribution in [0.2, 0.25) is 0 Å². The summed E-state index contributed by atoms with van der Waals surface area (Å²) >= 11 is 0.750. The molecular weight excluding hydrogens is 266 g/mol. The molecule has 1 heterocycles. The Morgan fingerprint density at radius 2 is 2.06 bits per heavy atom. The summed E-state index contributed by atoms with van der Waals surface area (Å²) in [6.07, 6.45) is 0. The third kappa shape index (κ3) is 2.70. The van der Waals surface area contributed by atoms with E-state index >= 15 is 0 Å². The summed E-state index contributed by atoms with van der Waals surface area (Å²) in [5.41, 5.74) is 0. The Hall–Kier alpha value is -1.26. The molecule has 0 saturated carbocycles. The first-order valence-electron chi connectivity index (χ1n) is 4.64. The minimum atomic E-state index is -3.49. The highest BCUT2D eigenvalue weighted by Gasteiger charge is 2.26. The van der Waals surface area contributed by atoms with Gasteiger partial charge in [-0.3, -0.25) is 0 Å². The van der Waals surface area contributed by atoms with Crippen molar-refractivity contribution in [1.82, 2.24) is 15.5 Å². The van der Waals surface area contributed by atoms with Gasteiger partial charge in [0, 0.05) is 7.05 Å². The molecule has 0 unspecified atom stereocenters. The number of hydrogen-bond acceptors (Lipinski definition) is 7. The highest BCUT2D eigenvalue weighted by Crippen LogP contribution is 2.24. The number of nitrogens with one attached hydrogen (secondary N) is 1. The maximum Gasteiger partial charge on any atom is 0.338 e. The second kappa shape index (κ2) is 4.94. The molecule has 0 saturated heterocycles. The molecule has 3 N–H and O–H groups in total. The zero-order valence-electron chi connectivity index (χ0n) is 9.54. The van der Waals surface area contributed by atoms with Gasteiger partial charge in [-0.25, -0.2) is 24.1 Å². The van der Waals surface area contributed by atoms with Crippen molar-refractivity contribution in [2.75, 3.05) is 12.1 Å². The molecule has 0 aliphatic heterocycles. The Labute approximate surface area is 103 Å². The molecule has 0 aliphatic rings. The lowest BCUT2D eigenvalue weighted by atomic mass is 10.6. The van der Waals surface area contributed by atoms with E-state index in [9.17, 15) is 13.2 Å². The lowest BCUT2D eigenvalue weighted by Crippen LogP contribution is -2.43. The van der Waals surface area contributed by atoms with Gasteiger partial charge in [-0.2, -0.15) is 0 Å². The van der Waals surface area contributed by atoms with Gasteiger partial charge in [0.05, 0.1) is 5.25 Å². The summed E-state index contributed by atoms with van der Waals surface area (Å²) in [6, 6.07) is -0.602. The zero-order chi connectivity index (χ0) is 13.2. The average molecular weight is 279 g/mol. The van der Waals surface area contributed by atoms with E-state index in [2.05, 4.69) is 15.5 Å². The Morgan fingerprint density at radius 1 is 1.47 bits per heavy atom. The van der Waals surface area contributed by atoms with E-state index < -0.39 is 21.1 Å². The minimum Gasteiger partial charge on any atom is -0.340 e. The van der Waals surface area contributed by atoms with Crippen LogP contribution in [0.4, 0.5) is 9.93 Å². The number of sulfone groups is 1. The molecule has 0 atom stereocenters. The molecule has 96 valence electrons. The van der Waals surface area contributed by atoms with Crippen LogP contribution in [0.25, 0.3) is 0 Å². The van der Waals surface area contributed by atoms with Crippen LogP contribution < -0.4 is 16.2 Å². The molecule has 1 aromatic rings. The van der Waals surface area contributed by atoms with E-state index in [1.807, 2.05) is 0 Å². The Bertz CT molecular complexity index is 509.